The average Bonchev–Trinajstić information content (AvgIpc) is 2.65. The van der Waals surface area contributed by atoms with Crippen LogP contribution in [0, 0.1) is 5.92 Å². The van der Waals surface area contributed by atoms with Gasteiger partial charge >= 0.3 is 23.9 Å². The lowest BCUT2D eigenvalue weighted by Crippen LogP contribution is -2.41. The SMILES string of the molecule is O=C(CCS)OCCC(C(=O)O)C(S)(CCOC(=O)CCS)CCOC(=O)CCS. The Labute approximate surface area is 198 Å². The van der Waals surface area contributed by atoms with Gasteiger partial charge in [0.15, 0.2) is 0 Å². The zero-order chi connectivity index (χ0) is 23.0. The predicted molar refractivity (Wildman–Crippen MR) is 125 cm³/mol. The number of carbonyl (C=O) groups is 4. The maximum Gasteiger partial charge on any atom is 0.308 e. The quantitative estimate of drug-likeness (QED) is 0.117. The number of ether oxygens (including phenoxy) is 3. The Morgan fingerprint density at radius 3 is 1.43 bits per heavy atom. The number of thiol groups is 4. The van der Waals surface area contributed by atoms with E-state index in [-0.39, 0.29) is 58.3 Å². The van der Waals surface area contributed by atoms with Crippen LogP contribution in [0.1, 0.15) is 38.5 Å². The minimum atomic E-state index is -1.16. The van der Waals surface area contributed by atoms with Gasteiger partial charge in [0.1, 0.15) is 0 Å². The molecule has 0 heterocycles. The molecule has 0 saturated heterocycles. The van der Waals surface area contributed by atoms with Gasteiger partial charge in [-0.3, -0.25) is 19.2 Å². The normalized spacial score (nSPS) is 12.1. The van der Waals surface area contributed by atoms with Crippen molar-refractivity contribution in [2.75, 3.05) is 37.1 Å². The fourth-order valence-electron chi connectivity index (χ4n) is 2.56. The van der Waals surface area contributed by atoms with Gasteiger partial charge in [-0.2, -0.15) is 50.5 Å². The predicted octanol–water partition coefficient (Wildman–Crippen LogP) is 2.12. The average molecular weight is 503 g/mol. The molecule has 0 aromatic carbocycles. The van der Waals surface area contributed by atoms with Gasteiger partial charge in [-0.1, -0.05) is 0 Å². The van der Waals surface area contributed by atoms with E-state index in [1.807, 2.05) is 0 Å². The van der Waals surface area contributed by atoms with Gasteiger partial charge in [-0.25, -0.2) is 0 Å². The number of carbonyl (C=O) groups excluding carboxylic acids is 3. The molecule has 0 rings (SSSR count). The van der Waals surface area contributed by atoms with Crippen molar-refractivity contribution >= 4 is 74.4 Å². The van der Waals surface area contributed by atoms with Crippen molar-refractivity contribution in [1.29, 1.82) is 0 Å². The van der Waals surface area contributed by atoms with Gasteiger partial charge in [0.05, 0.1) is 45.0 Å². The minimum Gasteiger partial charge on any atom is -0.481 e. The lowest BCUT2D eigenvalue weighted by molar-refractivity contribution is -0.149. The van der Waals surface area contributed by atoms with E-state index < -0.39 is 34.5 Å². The summed E-state index contributed by atoms with van der Waals surface area (Å²) in [6.45, 7) is -0.210. The van der Waals surface area contributed by atoms with Gasteiger partial charge < -0.3 is 19.3 Å². The van der Waals surface area contributed by atoms with Gasteiger partial charge in [0.25, 0.3) is 0 Å². The molecule has 0 aromatic heterocycles. The fourth-order valence-corrected chi connectivity index (χ4v) is 3.53. The first-order chi connectivity index (χ1) is 14.2. The molecule has 0 spiro atoms. The molecule has 0 aliphatic rings. The summed E-state index contributed by atoms with van der Waals surface area (Å²) in [5.41, 5.74) is 0. The molecule has 0 bridgehead atoms. The van der Waals surface area contributed by atoms with Crippen LogP contribution in [0.5, 0.6) is 0 Å². The van der Waals surface area contributed by atoms with Crippen LogP contribution in [0.3, 0.4) is 0 Å². The number of hydrogen-bond acceptors (Lipinski definition) is 11. The Bertz CT molecular complexity index is 534. The van der Waals surface area contributed by atoms with Gasteiger partial charge in [0.2, 0.25) is 0 Å². The monoisotopic (exact) mass is 502 g/mol. The Kier molecular flexibility index (Phi) is 16.5. The molecular weight excluding hydrogens is 472 g/mol. The molecule has 0 radical (unpaired) electrons. The van der Waals surface area contributed by atoms with E-state index in [9.17, 15) is 24.3 Å². The third-order valence-electron chi connectivity index (χ3n) is 4.16. The first-order valence-electron chi connectivity index (χ1n) is 9.44. The van der Waals surface area contributed by atoms with Crippen LogP contribution in [-0.2, 0) is 33.4 Å². The Balaban J connectivity index is 5.09. The summed E-state index contributed by atoms with van der Waals surface area (Å²) in [6.07, 6.45) is 0.614. The van der Waals surface area contributed by atoms with Crippen LogP contribution < -0.4 is 0 Å². The number of hydrogen-bond donors (Lipinski definition) is 5. The number of carboxylic acid groups (broad SMARTS) is 1. The number of rotatable bonds is 17. The van der Waals surface area contributed by atoms with Crippen LogP contribution >= 0.6 is 50.5 Å². The summed E-state index contributed by atoms with van der Waals surface area (Å²) in [5, 5.41) is 9.73. The highest BCUT2D eigenvalue weighted by Gasteiger charge is 2.40. The Morgan fingerprint density at radius 1 is 0.733 bits per heavy atom. The van der Waals surface area contributed by atoms with Crippen LogP contribution in [0.25, 0.3) is 0 Å². The lowest BCUT2D eigenvalue weighted by atomic mass is 9.83. The summed E-state index contributed by atoms with van der Waals surface area (Å²) >= 11 is 16.4. The van der Waals surface area contributed by atoms with Crippen LogP contribution in [0.15, 0.2) is 0 Å². The maximum absolute atomic E-state index is 11.9. The van der Waals surface area contributed by atoms with E-state index in [2.05, 4.69) is 50.5 Å². The molecule has 1 unspecified atom stereocenters. The topological polar surface area (TPSA) is 116 Å². The second-order valence-electron chi connectivity index (χ2n) is 6.37. The van der Waals surface area contributed by atoms with E-state index in [4.69, 9.17) is 14.2 Å². The first-order valence-corrected chi connectivity index (χ1v) is 11.8. The Morgan fingerprint density at radius 2 is 1.10 bits per heavy atom. The van der Waals surface area contributed by atoms with Crippen molar-refractivity contribution in [2.45, 2.75) is 43.3 Å². The largest absolute Gasteiger partial charge is 0.481 e. The highest BCUT2D eigenvalue weighted by atomic mass is 32.1. The van der Waals surface area contributed by atoms with Gasteiger partial charge in [0, 0.05) is 22.0 Å². The molecule has 0 amide bonds. The van der Waals surface area contributed by atoms with Crippen LogP contribution in [0.2, 0.25) is 0 Å². The van der Waals surface area contributed by atoms with E-state index in [0.717, 1.165) is 0 Å². The standard InChI is InChI=1S/C18H30O8S4/c19-14(2-10-27)24-7-1-13(17(22)23)18(30,5-8-25-15(20)3-11-28)6-9-26-16(21)4-12-29/h13,27-30H,1-12H2,(H,22,23). The molecule has 8 nitrogen and oxygen atoms in total. The number of carboxylic acids is 1. The molecule has 30 heavy (non-hydrogen) atoms. The molecule has 174 valence electrons. The summed E-state index contributed by atoms with van der Waals surface area (Å²) < 4.78 is 14.1. The zero-order valence-corrected chi connectivity index (χ0v) is 20.2. The fraction of sp³-hybridized carbons (Fsp3) is 0.778. The summed E-state index contributed by atoms with van der Waals surface area (Å²) in [5.74, 6) is -2.55. The summed E-state index contributed by atoms with van der Waals surface area (Å²) in [7, 11) is 0. The van der Waals surface area contributed by atoms with Gasteiger partial charge in [-0.05, 0) is 19.3 Å². The smallest absolute Gasteiger partial charge is 0.308 e. The molecule has 12 heteroatoms. The number of aliphatic carboxylic acids is 1. The molecule has 0 saturated carbocycles. The molecular formula is C18H30O8S4. The molecule has 0 aromatic rings. The highest BCUT2D eigenvalue weighted by molar-refractivity contribution is 7.82. The van der Waals surface area contributed by atoms with Crippen LogP contribution in [-0.4, -0.2) is 70.8 Å². The summed E-state index contributed by atoms with van der Waals surface area (Å²) in [4.78, 5) is 46.5. The van der Waals surface area contributed by atoms with Crippen LogP contribution in [0.4, 0.5) is 0 Å². The van der Waals surface area contributed by atoms with E-state index >= 15 is 0 Å². The zero-order valence-electron chi connectivity index (χ0n) is 16.7. The van der Waals surface area contributed by atoms with Crippen molar-refractivity contribution in [3.8, 4) is 0 Å². The Hall–Kier alpha value is -0.720. The van der Waals surface area contributed by atoms with Crippen molar-refractivity contribution in [2.24, 2.45) is 5.92 Å². The molecule has 1 atom stereocenters. The highest BCUT2D eigenvalue weighted by Crippen LogP contribution is 2.35. The van der Waals surface area contributed by atoms with Gasteiger partial charge in [-0.15, -0.1) is 0 Å². The van der Waals surface area contributed by atoms with Crippen molar-refractivity contribution in [3.05, 3.63) is 0 Å². The third kappa shape index (κ3) is 12.9. The molecule has 1 N–H and O–H groups in total. The minimum absolute atomic E-state index is 0.00627. The van der Waals surface area contributed by atoms with Crippen molar-refractivity contribution < 1.29 is 38.5 Å². The molecule has 0 aliphatic carbocycles. The summed E-state index contributed by atoms with van der Waals surface area (Å²) in [6, 6.07) is 0. The first kappa shape index (κ1) is 29.3. The molecule has 0 aliphatic heterocycles. The lowest BCUT2D eigenvalue weighted by Gasteiger charge is -2.34. The van der Waals surface area contributed by atoms with Crippen molar-refractivity contribution in [3.63, 3.8) is 0 Å². The van der Waals surface area contributed by atoms with E-state index in [1.54, 1.807) is 0 Å². The van der Waals surface area contributed by atoms with E-state index in [0.29, 0.717) is 17.3 Å². The molecule has 0 fully saturated rings. The van der Waals surface area contributed by atoms with E-state index in [1.165, 1.54) is 0 Å². The second kappa shape index (κ2) is 16.9. The van der Waals surface area contributed by atoms with Crippen molar-refractivity contribution in [1.82, 2.24) is 0 Å². The third-order valence-corrected chi connectivity index (χ3v) is 5.59. The second-order valence-corrected chi connectivity index (χ2v) is 8.60. The number of esters is 3. The maximum atomic E-state index is 11.9.